The maximum atomic E-state index is 11.1. The second kappa shape index (κ2) is 5.50. The second-order valence-electron chi connectivity index (χ2n) is 4.42. The number of aromatic amines is 1. The highest BCUT2D eigenvalue weighted by molar-refractivity contribution is 7.90. The Kier molecular flexibility index (Phi) is 3.96. The molecule has 0 amide bonds. The first-order valence-corrected chi connectivity index (χ1v) is 7.91. The lowest BCUT2D eigenvalue weighted by Crippen LogP contribution is -2.16. The van der Waals surface area contributed by atoms with Crippen LogP contribution >= 0.6 is 0 Å². The molecule has 1 atom stereocenters. The summed E-state index contributed by atoms with van der Waals surface area (Å²) in [5.74, 6) is 0.623. The summed E-state index contributed by atoms with van der Waals surface area (Å²) in [7, 11) is -3.01. The number of pyridine rings is 1. The summed E-state index contributed by atoms with van der Waals surface area (Å²) < 4.78 is 22.2. The maximum absolute atomic E-state index is 11.1. The topological polar surface area (TPSA) is 102 Å². The van der Waals surface area contributed by atoms with Crippen molar-refractivity contribution in [3.05, 3.63) is 36.4 Å². The molecule has 2 aromatic heterocycles. The summed E-state index contributed by atoms with van der Waals surface area (Å²) in [5.41, 5.74) is 7.46. The van der Waals surface area contributed by atoms with Gasteiger partial charge < -0.3 is 10.7 Å². The maximum Gasteiger partial charge on any atom is 0.147 e. The summed E-state index contributed by atoms with van der Waals surface area (Å²) in [5, 5.41) is 0. The standard InChI is InChI=1S/C12H16N4O2S/c1-19(17,18)7-5-9(13)12-15-8-11(16-12)10-4-2-3-6-14-10/h2-4,6,8-9H,5,7,13H2,1H3,(H,15,16). The molecule has 0 bridgehead atoms. The van der Waals surface area contributed by atoms with Crippen LogP contribution in [-0.2, 0) is 9.84 Å². The molecular weight excluding hydrogens is 264 g/mol. The zero-order valence-electron chi connectivity index (χ0n) is 10.6. The van der Waals surface area contributed by atoms with Gasteiger partial charge in [0.2, 0.25) is 0 Å². The Hall–Kier alpha value is -1.73. The van der Waals surface area contributed by atoms with Crippen LogP contribution in [0.1, 0.15) is 18.3 Å². The Bertz CT molecular complexity index is 637. The molecule has 7 heteroatoms. The van der Waals surface area contributed by atoms with Crippen molar-refractivity contribution in [3.63, 3.8) is 0 Å². The van der Waals surface area contributed by atoms with Crippen LogP contribution in [-0.4, -0.2) is 35.4 Å². The van der Waals surface area contributed by atoms with Crippen LogP contribution in [0.4, 0.5) is 0 Å². The van der Waals surface area contributed by atoms with E-state index in [2.05, 4.69) is 15.0 Å². The molecule has 0 aliphatic carbocycles. The largest absolute Gasteiger partial charge is 0.339 e. The van der Waals surface area contributed by atoms with Crippen molar-refractivity contribution < 1.29 is 8.42 Å². The number of H-pyrrole nitrogens is 1. The van der Waals surface area contributed by atoms with Gasteiger partial charge in [-0.3, -0.25) is 4.98 Å². The molecule has 0 saturated carbocycles. The molecular formula is C12H16N4O2S. The molecule has 0 radical (unpaired) electrons. The summed E-state index contributed by atoms with van der Waals surface area (Å²) in [6, 6.07) is 5.15. The summed E-state index contributed by atoms with van der Waals surface area (Å²) in [6.07, 6.45) is 4.88. The minimum Gasteiger partial charge on any atom is -0.339 e. The van der Waals surface area contributed by atoms with E-state index >= 15 is 0 Å². The van der Waals surface area contributed by atoms with Crippen molar-refractivity contribution >= 4 is 9.84 Å². The summed E-state index contributed by atoms with van der Waals surface area (Å²) >= 11 is 0. The molecule has 0 aliphatic rings. The van der Waals surface area contributed by atoms with Crippen molar-refractivity contribution in [2.75, 3.05) is 12.0 Å². The predicted molar refractivity (Wildman–Crippen MR) is 73.1 cm³/mol. The number of aromatic nitrogens is 3. The first kappa shape index (κ1) is 13.7. The third-order valence-corrected chi connectivity index (χ3v) is 3.66. The van der Waals surface area contributed by atoms with Gasteiger partial charge in [0.05, 0.1) is 29.4 Å². The Morgan fingerprint density at radius 2 is 2.16 bits per heavy atom. The molecule has 19 heavy (non-hydrogen) atoms. The fourth-order valence-corrected chi connectivity index (χ4v) is 2.34. The number of imidazole rings is 1. The molecule has 0 aromatic carbocycles. The number of nitrogens with one attached hydrogen (secondary N) is 1. The van der Waals surface area contributed by atoms with Gasteiger partial charge in [0.1, 0.15) is 15.7 Å². The van der Waals surface area contributed by atoms with Crippen LogP contribution in [0, 0.1) is 0 Å². The van der Waals surface area contributed by atoms with E-state index in [0.29, 0.717) is 12.2 Å². The molecule has 102 valence electrons. The van der Waals surface area contributed by atoms with Crippen molar-refractivity contribution in [1.29, 1.82) is 0 Å². The monoisotopic (exact) mass is 280 g/mol. The lowest BCUT2D eigenvalue weighted by Gasteiger charge is -2.07. The van der Waals surface area contributed by atoms with E-state index in [1.54, 1.807) is 12.4 Å². The number of hydrogen-bond acceptors (Lipinski definition) is 5. The lowest BCUT2D eigenvalue weighted by molar-refractivity contribution is 0.588. The molecule has 6 nitrogen and oxygen atoms in total. The minimum atomic E-state index is -3.01. The van der Waals surface area contributed by atoms with Gasteiger partial charge in [-0.05, 0) is 18.6 Å². The predicted octanol–water partition coefficient (Wildman–Crippen LogP) is 0.906. The number of nitrogens with two attached hydrogens (primary N) is 1. The van der Waals surface area contributed by atoms with E-state index in [1.807, 2.05) is 18.2 Å². The van der Waals surface area contributed by atoms with Crippen LogP contribution in [0.3, 0.4) is 0 Å². The van der Waals surface area contributed by atoms with Crippen molar-refractivity contribution in [2.45, 2.75) is 12.5 Å². The number of nitrogens with zero attached hydrogens (tertiary/aromatic N) is 2. The van der Waals surface area contributed by atoms with Crippen molar-refractivity contribution in [2.24, 2.45) is 5.73 Å². The van der Waals surface area contributed by atoms with E-state index in [4.69, 9.17) is 5.73 Å². The van der Waals surface area contributed by atoms with Gasteiger partial charge in [0, 0.05) is 12.5 Å². The van der Waals surface area contributed by atoms with Crippen molar-refractivity contribution in [1.82, 2.24) is 15.0 Å². The Balaban J connectivity index is 2.09. The average molecular weight is 280 g/mol. The van der Waals surface area contributed by atoms with Crippen LogP contribution in [0.2, 0.25) is 0 Å². The third-order valence-electron chi connectivity index (χ3n) is 2.69. The van der Waals surface area contributed by atoms with Gasteiger partial charge in [0.15, 0.2) is 0 Å². The number of hydrogen-bond donors (Lipinski definition) is 2. The van der Waals surface area contributed by atoms with E-state index in [1.165, 1.54) is 6.26 Å². The molecule has 0 fully saturated rings. The molecule has 2 aromatic rings. The first-order chi connectivity index (χ1) is 8.96. The molecule has 0 saturated heterocycles. The molecule has 3 N–H and O–H groups in total. The molecule has 0 aliphatic heterocycles. The van der Waals surface area contributed by atoms with Crippen LogP contribution in [0.15, 0.2) is 30.6 Å². The van der Waals surface area contributed by atoms with Crippen LogP contribution < -0.4 is 5.73 Å². The van der Waals surface area contributed by atoms with Crippen LogP contribution in [0.25, 0.3) is 11.4 Å². The smallest absolute Gasteiger partial charge is 0.147 e. The van der Waals surface area contributed by atoms with E-state index in [0.717, 1.165) is 11.4 Å². The normalized spacial score (nSPS) is 13.4. The quantitative estimate of drug-likeness (QED) is 0.847. The zero-order valence-corrected chi connectivity index (χ0v) is 11.4. The third kappa shape index (κ3) is 3.87. The average Bonchev–Trinajstić information content (AvgIpc) is 2.86. The van der Waals surface area contributed by atoms with Gasteiger partial charge in [-0.1, -0.05) is 6.07 Å². The highest BCUT2D eigenvalue weighted by Crippen LogP contribution is 2.17. The Morgan fingerprint density at radius 3 is 2.79 bits per heavy atom. The molecule has 2 rings (SSSR count). The van der Waals surface area contributed by atoms with Crippen LogP contribution in [0.5, 0.6) is 0 Å². The molecule has 1 unspecified atom stereocenters. The minimum absolute atomic E-state index is 0.0494. The fourth-order valence-electron chi connectivity index (χ4n) is 1.66. The first-order valence-electron chi connectivity index (χ1n) is 5.85. The van der Waals surface area contributed by atoms with Gasteiger partial charge in [-0.25, -0.2) is 13.4 Å². The second-order valence-corrected chi connectivity index (χ2v) is 6.68. The summed E-state index contributed by atoms with van der Waals surface area (Å²) in [6.45, 7) is 0. The highest BCUT2D eigenvalue weighted by Gasteiger charge is 2.14. The SMILES string of the molecule is CS(=O)(=O)CCC(N)c1ncc(-c2ccccn2)[nH]1. The van der Waals surface area contributed by atoms with Gasteiger partial charge in [-0.15, -0.1) is 0 Å². The van der Waals surface area contributed by atoms with Crippen molar-refractivity contribution in [3.8, 4) is 11.4 Å². The Morgan fingerprint density at radius 1 is 1.37 bits per heavy atom. The van der Waals surface area contributed by atoms with E-state index < -0.39 is 15.9 Å². The number of rotatable bonds is 5. The lowest BCUT2D eigenvalue weighted by atomic mass is 10.2. The van der Waals surface area contributed by atoms with Gasteiger partial charge in [0.25, 0.3) is 0 Å². The van der Waals surface area contributed by atoms with Gasteiger partial charge >= 0.3 is 0 Å². The molecule has 2 heterocycles. The zero-order chi connectivity index (χ0) is 13.9. The van der Waals surface area contributed by atoms with E-state index in [9.17, 15) is 8.42 Å². The highest BCUT2D eigenvalue weighted by atomic mass is 32.2. The fraction of sp³-hybridized carbons (Fsp3) is 0.333. The molecule has 0 spiro atoms. The number of sulfone groups is 1. The van der Waals surface area contributed by atoms with E-state index in [-0.39, 0.29) is 5.75 Å². The summed E-state index contributed by atoms with van der Waals surface area (Å²) in [4.78, 5) is 11.4. The van der Waals surface area contributed by atoms with Gasteiger partial charge in [-0.2, -0.15) is 0 Å². The Labute approximate surface area is 112 Å².